The molecule has 1 aliphatic heterocycles. The molecule has 0 atom stereocenters. The summed E-state index contributed by atoms with van der Waals surface area (Å²) in [5, 5.41) is 9.95. The summed E-state index contributed by atoms with van der Waals surface area (Å²) in [5.74, 6) is 1.10. The fourth-order valence-corrected chi connectivity index (χ4v) is 4.36. The van der Waals surface area contributed by atoms with Crippen molar-refractivity contribution in [3.05, 3.63) is 29.8 Å². The van der Waals surface area contributed by atoms with Crippen molar-refractivity contribution in [2.45, 2.75) is 58.0 Å². The van der Waals surface area contributed by atoms with Crippen molar-refractivity contribution in [2.75, 3.05) is 45.2 Å². The largest absolute Gasteiger partial charge is 0.379 e. The molecule has 1 aliphatic carbocycles. The summed E-state index contributed by atoms with van der Waals surface area (Å²) in [6.45, 7) is 9.44. The number of rotatable bonds is 7. The first kappa shape index (κ1) is 23.5. The van der Waals surface area contributed by atoms with E-state index >= 15 is 0 Å². The van der Waals surface area contributed by atoms with Gasteiger partial charge in [0.15, 0.2) is 5.96 Å². The summed E-state index contributed by atoms with van der Waals surface area (Å²) in [6.07, 6.45) is 5.60. The van der Waals surface area contributed by atoms with Gasteiger partial charge in [0.05, 0.1) is 13.2 Å². The Morgan fingerprint density at radius 2 is 1.90 bits per heavy atom. The van der Waals surface area contributed by atoms with Gasteiger partial charge in [0, 0.05) is 50.4 Å². The lowest BCUT2D eigenvalue weighted by Crippen LogP contribution is -2.56. The van der Waals surface area contributed by atoms with Gasteiger partial charge in [-0.1, -0.05) is 31.4 Å². The van der Waals surface area contributed by atoms with E-state index in [0.717, 1.165) is 75.7 Å². The lowest BCUT2D eigenvalue weighted by molar-refractivity contribution is -0.120. The van der Waals surface area contributed by atoms with Gasteiger partial charge in [-0.15, -0.1) is 0 Å². The third-order valence-corrected chi connectivity index (χ3v) is 6.41. The highest BCUT2D eigenvalue weighted by Crippen LogP contribution is 2.25. The van der Waals surface area contributed by atoms with Crippen molar-refractivity contribution in [3.63, 3.8) is 0 Å². The minimum Gasteiger partial charge on any atom is -0.379 e. The fraction of sp³-hybridized carbons (Fsp3) is 0.667. The highest BCUT2D eigenvalue weighted by Gasteiger charge is 2.28. The predicted molar refractivity (Wildman–Crippen MR) is 126 cm³/mol. The van der Waals surface area contributed by atoms with E-state index in [4.69, 9.17) is 4.74 Å². The van der Waals surface area contributed by atoms with Crippen molar-refractivity contribution >= 4 is 17.6 Å². The maximum absolute atomic E-state index is 12.5. The SMILES string of the molecule is CN=C(NCc1cccc(NC(=O)C2CCCCC2)c1)NCC(C)(C)N1CCOCC1. The summed E-state index contributed by atoms with van der Waals surface area (Å²) in [4.78, 5) is 19.4. The normalized spacial score (nSPS) is 19.1. The summed E-state index contributed by atoms with van der Waals surface area (Å²) in [7, 11) is 1.79. The van der Waals surface area contributed by atoms with Gasteiger partial charge in [-0.3, -0.25) is 14.7 Å². The number of hydrogen-bond donors (Lipinski definition) is 3. The first-order valence-corrected chi connectivity index (χ1v) is 11.6. The van der Waals surface area contributed by atoms with E-state index in [-0.39, 0.29) is 17.4 Å². The van der Waals surface area contributed by atoms with Crippen molar-refractivity contribution in [3.8, 4) is 0 Å². The number of carbonyl (C=O) groups is 1. The van der Waals surface area contributed by atoms with E-state index in [9.17, 15) is 4.79 Å². The number of nitrogens with one attached hydrogen (secondary N) is 3. The van der Waals surface area contributed by atoms with Crippen LogP contribution in [0.2, 0.25) is 0 Å². The van der Waals surface area contributed by atoms with Crippen molar-refractivity contribution in [2.24, 2.45) is 10.9 Å². The number of ether oxygens (including phenoxy) is 1. The Morgan fingerprint density at radius 1 is 1.16 bits per heavy atom. The smallest absolute Gasteiger partial charge is 0.227 e. The molecule has 0 radical (unpaired) electrons. The van der Waals surface area contributed by atoms with Crippen LogP contribution in [-0.2, 0) is 16.1 Å². The van der Waals surface area contributed by atoms with Crippen LogP contribution in [0, 0.1) is 5.92 Å². The second-order valence-electron chi connectivity index (χ2n) is 9.22. The van der Waals surface area contributed by atoms with Gasteiger partial charge in [0.25, 0.3) is 0 Å². The molecule has 1 saturated heterocycles. The Bertz CT molecular complexity index is 737. The molecule has 7 nitrogen and oxygen atoms in total. The number of carbonyl (C=O) groups excluding carboxylic acids is 1. The zero-order valence-electron chi connectivity index (χ0n) is 19.4. The first-order chi connectivity index (χ1) is 15.0. The van der Waals surface area contributed by atoms with Crippen LogP contribution in [0.15, 0.2) is 29.3 Å². The van der Waals surface area contributed by atoms with E-state index in [1.807, 2.05) is 18.2 Å². The zero-order chi connectivity index (χ0) is 22.1. The van der Waals surface area contributed by atoms with Crippen molar-refractivity contribution in [1.29, 1.82) is 0 Å². The first-order valence-electron chi connectivity index (χ1n) is 11.6. The van der Waals surface area contributed by atoms with E-state index < -0.39 is 0 Å². The van der Waals surface area contributed by atoms with Crippen LogP contribution >= 0.6 is 0 Å². The zero-order valence-corrected chi connectivity index (χ0v) is 19.4. The summed E-state index contributed by atoms with van der Waals surface area (Å²) in [5.41, 5.74) is 1.99. The summed E-state index contributed by atoms with van der Waals surface area (Å²) in [6, 6.07) is 8.06. The molecule has 0 spiro atoms. The van der Waals surface area contributed by atoms with Crippen LogP contribution in [-0.4, -0.2) is 62.2 Å². The van der Waals surface area contributed by atoms with Crippen LogP contribution in [0.3, 0.4) is 0 Å². The number of benzene rings is 1. The number of aliphatic imine (C=N–C) groups is 1. The van der Waals surface area contributed by atoms with E-state index in [0.29, 0.717) is 6.54 Å². The third-order valence-electron chi connectivity index (χ3n) is 6.41. The minimum absolute atomic E-state index is 0.0186. The molecule has 3 rings (SSSR count). The molecule has 7 heteroatoms. The highest BCUT2D eigenvalue weighted by molar-refractivity contribution is 5.92. The van der Waals surface area contributed by atoms with Gasteiger partial charge in [0.2, 0.25) is 5.91 Å². The molecular weight excluding hydrogens is 390 g/mol. The Morgan fingerprint density at radius 3 is 2.61 bits per heavy atom. The van der Waals surface area contributed by atoms with Gasteiger partial charge < -0.3 is 20.7 Å². The highest BCUT2D eigenvalue weighted by atomic mass is 16.5. The second-order valence-corrected chi connectivity index (χ2v) is 9.22. The average Bonchev–Trinajstić information content (AvgIpc) is 2.80. The Balaban J connectivity index is 1.47. The molecular formula is C24H39N5O2. The molecule has 2 fully saturated rings. The van der Waals surface area contributed by atoms with Crippen LogP contribution in [0.4, 0.5) is 5.69 Å². The predicted octanol–water partition coefficient (Wildman–Crippen LogP) is 2.98. The molecule has 31 heavy (non-hydrogen) atoms. The molecule has 1 heterocycles. The lowest BCUT2D eigenvalue weighted by atomic mass is 9.88. The van der Waals surface area contributed by atoms with Crippen LogP contribution < -0.4 is 16.0 Å². The lowest BCUT2D eigenvalue weighted by Gasteiger charge is -2.41. The maximum atomic E-state index is 12.5. The number of nitrogens with zero attached hydrogens (tertiary/aromatic N) is 2. The van der Waals surface area contributed by atoms with Gasteiger partial charge in [0.1, 0.15) is 0 Å². The van der Waals surface area contributed by atoms with E-state index in [1.54, 1.807) is 7.05 Å². The third kappa shape index (κ3) is 7.21. The number of hydrogen-bond acceptors (Lipinski definition) is 4. The number of guanidine groups is 1. The molecule has 0 unspecified atom stereocenters. The molecule has 172 valence electrons. The Kier molecular flexibility index (Phi) is 8.72. The molecule has 1 saturated carbocycles. The van der Waals surface area contributed by atoms with Crippen molar-refractivity contribution < 1.29 is 9.53 Å². The number of morpholine rings is 1. The molecule has 0 aromatic heterocycles. The molecule has 1 aromatic carbocycles. The van der Waals surface area contributed by atoms with Gasteiger partial charge >= 0.3 is 0 Å². The number of amides is 1. The van der Waals surface area contributed by atoms with Crippen LogP contribution in [0.25, 0.3) is 0 Å². The topological polar surface area (TPSA) is 78.0 Å². The molecule has 1 amide bonds. The molecule has 1 aromatic rings. The number of anilines is 1. The Hall–Kier alpha value is -2.12. The molecule has 3 N–H and O–H groups in total. The fourth-order valence-electron chi connectivity index (χ4n) is 4.36. The maximum Gasteiger partial charge on any atom is 0.227 e. The molecule has 0 bridgehead atoms. The van der Waals surface area contributed by atoms with Gasteiger partial charge in [-0.05, 0) is 44.4 Å². The summed E-state index contributed by atoms with van der Waals surface area (Å²) >= 11 is 0. The average molecular weight is 430 g/mol. The van der Waals surface area contributed by atoms with Gasteiger partial charge in [-0.2, -0.15) is 0 Å². The monoisotopic (exact) mass is 429 g/mol. The quantitative estimate of drug-likeness (QED) is 0.459. The van der Waals surface area contributed by atoms with E-state index in [2.05, 4.69) is 45.8 Å². The second kappa shape index (κ2) is 11.5. The minimum atomic E-state index is 0.0186. The summed E-state index contributed by atoms with van der Waals surface area (Å²) < 4.78 is 5.47. The van der Waals surface area contributed by atoms with Crippen molar-refractivity contribution in [1.82, 2.24) is 15.5 Å². The van der Waals surface area contributed by atoms with Crippen LogP contribution in [0.5, 0.6) is 0 Å². The van der Waals surface area contributed by atoms with Crippen LogP contribution in [0.1, 0.15) is 51.5 Å². The Labute approximate surface area is 187 Å². The van der Waals surface area contributed by atoms with E-state index in [1.165, 1.54) is 6.42 Å². The standard InChI is InChI=1S/C24H39N5O2/c1-24(2,29-12-14-31-15-13-29)18-27-23(25-3)26-17-19-8-7-11-21(16-19)28-22(30)20-9-5-4-6-10-20/h7-8,11,16,20H,4-6,9-10,12-15,17-18H2,1-3H3,(H,28,30)(H2,25,26,27). The van der Waals surface area contributed by atoms with Gasteiger partial charge in [-0.25, -0.2) is 0 Å². The molecule has 2 aliphatic rings.